The van der Waals surface area contributed by atoms with Crippen LogP contribution in [0.15, 0.2) is 40.2 Å². The lowest BCUT2D eigenvalue weighted by atomic mass is 9.87. The molecule has 2 amide bonds. The highest BCUT2D eigenvalue weighted by atomic mass is 16.2. The molecule has 3 aromatic rings. The fraction of sp³-hybridized carbons (Fsp3) is 0.381. The maximum Gasteiger partial charge on any atom is 0.332 e. The number of hydrogen-bond donors (Lipinski definition) is 1. The minimum atomic E-state index is -0.485. The monoisotopic (exact) mass is 411 g/mol. The molecule has 2 heterocycles. The predicted octanol–water partition coefficient (Wildman–Crippen LogP) is 1.08. The quantitative estimate of drug-likeness (QED) is 0.691. The van der Waals surface area contributed by atoms with Crippen LogP contribution in [0.25, 0.3) is 11.2 Å². The van der Waals surface area contributed by atoms with E-state index in [4.69, 9.17) is 0 Å². The van der Waals surface area contributed by atoms with Gasteiger partial charge in [-0.05, 0) is 23.1 Å². The first-order valence-corrected chi connectivity index (χ1v) is 9.56. The Morgan fingerprint density at radius 1 is 1.03 bits per heavy atom. The van der Waals surface area contributed by atoms with Crippen molar-refractivity contribution in [2.75, 3.05) is 0 Å². The summed E-state index contributed by atoms with van der Waals surface area (Å²) in [4.78, 5) is 53.1. The lowest BCUT2D eigenvalue weighted by Crippen LogP contribution is -2.37. The van der Waals surface area contributed by atoms with Crippen molar-refractivity contribution < 1.29 is 9.59 Å². The van der Waals surface area contributed by atoms with E-state index in [9.17, 15) is 19.2 Å². The molecule has 0 saturated heterocycles. The fourth-order valence-electron chi connectivity index (χ4n) is 3.17. The second-order valence-electron chi connectivity index (χ2n) is 8.27. The highest BCUT2D eigenvalue weighted by Crippen LogP contribution is 2.22. The van der Waals surface area contributed by atoms with Crippen LogP contribution in [0.2, 0.25) is 0 Å². The molecule has 9 nitrogen and oxygen atoms in total. The van der Waals surface area contributed by atoms with Crippen LogP contribution in [-0.4, -0.2) is 30.5 Å². The number of imide groups is 1. The van der Waals surface area contributed by atoms with Crippen molar-refractivity contribution in [1.29, 1.82) is 0 Å². The van der Waals surface area contributed by atoms with Crippen molar-refractivity contribution in [2.24, 2.45) is 14.1 Å². The summed E-state index contributed by atoms with van der Waals surface area (Å²) in [6, 6.07) is 7.13. The number of benzene rings is 1. The van der Waals surface area contributed by atoms with Gasteiger partial charge in [-0.15, -0.1) is 0 Å². The second kappa shape index (κ2) is 7.74. The smallest absolute Gasteiger partial charge is 0.324 e. The summed E-state index contributed by atoms with van der Waals surface area (Å²) < 4.78 is 3.78. The SMILES string of the molecule is Cn1c(=O)c2c(ncn2CCC(=O)NC(=O)c2ccc(C(C)(C)C)cc2)n(C)c1=O. The number of hydrogen-bond acceptors (Lipinski definition) is 5. The van der Waals surface area contributed by atoms with Gasteiger partial charge in [0.05, 0.1) is 6.33 Å². The number of amides is 2. The average molecular weight is 411 g/mol. The minimum Gasteiger partial charge on any atom is -0.324 e. The van der Waals surface area contributed by atoms with Gasteiger partial charge in [-0.1, -0.05) is 32.9 Å². The molecule has 0 saturated carbocycles. The number of aromatic nitrogens is 4. The Balaban J connectivity index is 1.70. The van der Waals surface area contributed by atoms with Crippen LogP contribution in [0, 0.1) is 0 Å². The molecule has 158 valence electrons. The predicted molar refractivity (Wildman–Crippen MR) is 112 cm³/mol. The van der Waals surface area contributed by atoms with Gasteiger partial charge in [-0.2, -0.15) is 0 Å². The number of rotatable bonds is 4. The Bertz CT molecular complexity index is 1240. The maximum atomic E-state index is 12.4. The molecule has 30 heavy (non-hydrogen) atoms. The van der Waals surface area contributed by atoms with E-state index in [2.05, 4.69) is 31.1 Å². The topological polar surface area (TPSA) is 108 Å². The lowest BCUT2D eigenvalue weighted by Gasteiger charge is -2.19. The van der Waals surface area contributed by atoms with Crippen LogP contribution in [-0.2, 0) is 30.8 Å². The summed E-state index contributed by atoms with van der Waals surface area (Å²) in [5, 5.41) is 2.36. The molecule has 0 atom stereocenters. The minimum absolute atomic E-state index is 0.0245. The van der Waals surface area contributed by atoms with Crippen LogP contribution >= 0.6 is 0 Å². The van der Waals surface area contributed by atoms with E-state index >= 15 is 0 Å². The number of imidazole rings is 1. The van der Waals surface area contributed by atoms with E-state index < -0.39 is 23.1 Å². The molecule has 0 bridgehead atoms. The molecule has 9 heteroatoms. The van der Waals surface area contributed by atoms with Crippen LogP contribution < -0.4 is 16.6 Å². The molecule has 2 aromatic heterocycles. The number of nitrogens with zero attached hydrogens (tertiary/aromatic N) is 4. The Hall–Kier alpha value is -3.49. The van der Waals surface area contributed by atoms with Gasteiger partial charge in [-0.3, -0.25) is 28.8 Å². The first-order valence-electron chi connectivity index (χ1n) is 9.56. The summed E-state index contributed by atoms with van der Waals surface area (Å²) in [5.41, 5.74) is 0.982. The number of carbonyl (C=O) groups excluding carboxylic acids is 2. The zero-order valence-electron chi connectivity index (χ0n) is 17.7. The largest absolute Gasteiger partial charge is 0.332 e. The van der Waals surface area contributed by atoms with Crippen molar-refractivity contribution in [3.8, 4) is 0 Å². The first kappa shape index (κ1) is 21.2. The van der Waals surface area contributed by atoms with Crippen LogP contribution in [0.4, 0.5) is 0 Å². The van der Waals surface area contributed by atoms with Crippen molar-refractivity contribution in [2.45, 2.75) is 39.2 Å². The lowest BCUT2D eigenvalue weighted by molar-refractivity contribution is -0.120. The molecule has 0 aliphatic carbocycles. The third-order valence-electron chi connectivity index (χ3n) is 5.06. The molecule has 0 fully saturated rings. The molecule has 0 aliphatic rings. The highest BCUT2D eigenvalue weighted by Gasteiger charge is 2.17. The summed E-state index contributed by atoms with van der Waals surface area (Å²) in [7, 11) is 2.91. The van der Waals surface area contributed by atoms with E-state index in [0.717, 1.165) is 10.1 Å². The average Bonchev–Trinajstić information content (AvgIpc) is 3.12. The highest BCUT2D eigenvalue weighted by molar-refractivity contribution is 6.04. The van der Waals surface area contributed by atoms with Crippen molar-refractivity contribution in [3.05, 3.63) is 62.6 Å². The third-order valence-corrected chi connectivity index (χ3v) is 5.06. The Kier molecular flexibility index (Phi) is 5.47. The van der Waals surface area contributed by atoms with Gasteiger partial charge in [0, 0.05) is 32.6 Å². The molecule has 1 aromatic carbocycles. The molecule has 1 N–H and O–H groups in total. The standard InChI is InChI=1S/C21H25N5O4/c1-21(2,3)14-8-6-13(7-9-14)18(28)23-15(27)10-11-26-12-22-17-16(26)19(29)25(5)20(30)24(17)4/h6-9,12H,10-11H2,1-5H3,(H,23,27,28). The molecule has 0 spiro atoms. The molecule has 0 unspecified atom stereocenters. The molecule has 0 radical (unpaired) electrons. The van der Waals surface area contributed by atoms with Crippen LogP contribution in [0.3, 0.4) is 0 Å². The van der Waals surface area contributed by atoms with Crippen LogP contribution in [0.1, 0.15) is 43.1 Å². The fourth-order valence-corrected chi connectivity index (χ4v) is 3.17. The summed E-state index contributed by atoms with van der Waals surface area (Å²) in [5.74, 6) is -0.947. The molecular formula is C21H25N5O4. The summed E-state index contributed by atoms with van der Waals surface area (Å²) in [6.07, 6.45) is 1.38. The van der Waals surface area contributed by atoms with E-state index in [0.29, 0.717) is 5.56 Å². The van der Waals surface area contributed by atoms with Gasteiger partial charge in [0.25, 0.3) is 11.5 Å². The van der Waals surface area contributed by atoms with Gasteiger partial charge in [0.1, 0.15) is 0 Å². The Morgan fingerprint density at radius 3 is 2.27 bits per heavy atom. The van der Waals surface area contributed by atoms with Gasteiger partial charge >= 0.3 is 5.69 Å². The third kappa shape index (κ3) is 3.96. The molecular weight excluding hydrogens is 386 g/mol. The number of fused-ring (bicyclic) bond motifs is 1. The normalized spacial score (nSPS) is 11.6. The van der Waals surface area contributed by atoms with E-state index in [1.807, 2.05) is 12.1 Å². The van der Waals surface area contributed by atoms with E-state index in [1.54, 1.807) is 12.1 Å². The van der Waals surface area contributed by atoms with E-state index in [1.165, 1.54) is 29.6 Å². The maximum absolute atomic E-state index is 12.4. The van der Waals surface area contributed by atoms with Gasteiger partial charge < -0.3 is 4.57 Å². The van der Waals surface area contributed by atoms with Gasteiger partial charge in [-0.25, -0.2) is 9.78 Å². The molecule has 0 aliphatic heterocycles. The zero-order chi connectivity index (χ0) is 22.2. The van der Waals surface area contributed by atoms with Gasteiger partial charge in [0.15, 0.2) is 11.2 Å². The van der Waals surface area contributed by atoms with E-state index in [-0.39, 0.29) is 29.5 Å². The van der Waals surface area contributed by atoms with Crippen molar-refractivity contribution >= 4 is 23.0 Å². The first-order chi connectivity index (χ1) is 14.0. The number of nitrogens with one attached hydrogen (secondary N) is 1. The summed E-state index contributed by atoms with van der Waals surface area (Å²) in [6.45, 7) is 6.38. The van der Waals surface area contributed by atoms with Gasteiger partial charge in [0.2, 0.25) is 5.91 Å². The zero-order valence-corrected chi connectivity index (χ0v) is 17.7. The van der Waals surface area contributed by atoms with Crippen molar-refractivity contribution in [3.63, 3.8) is 0 Å². The van der Waals surface area contributed by atoms with Crippen LogP contribution in [0.5, 0.6) is 0 Å². The number of aryl methyl sites for hydroxylation is 2. The Morgan fingerprint density at radius 2 is 1.67 bits per heavy atom. The number of carbonyl (C=O) groups is 2. The molecule has 3 rings (SSSR count). The van der Waals surface area contributed by atoms with Crippen molar-refractivity contribution in [1.82, 2.24) is 24.0 Å². The second-order valence-corrected chi connectivity index (χ2v) is 8.27. The summed E-state index contributed by atoms with van der Waals surface area (Å²) >= 11 is 0. The Labute approximate surface area is 173 Å².